The number of carbonyl (C=O) groups excluding carboxylic acids is 2. The van der Waals surface area contributed by atoms with Crippen LogP contribution in [0.3, 0.4) is 0 Å². The summed E-state index contributed by atoms with van der Waals surface area (Å²) in [6.45, 7) is 1.63. The molecule has 24 heavy (non-hydrogen) atoms. The number of benzene rings is 1. The van der Waals surface area contributed by atoms with Gasteiger partial charge in [0.15, 0.2) is 11.7 Å². The molecule has 0 saturated heterocycles. The maximum atomic E-state index is 11.9. The van der Waals surface area contributed by atoms with Gasteiger partial charge in [0.25, 0.3) is 5.91 Å². The van der Waals surface area contributed by atoms with E-state index in [-0.39, 0.29) is 19.0 Å². The van der Waals surface area contributed by atoms with E-state index in [0.717, 1.165) is 15.8 Å². The Morgan fingerprint density at radius 2 is 1.96 bits per heavy atom. The van der Waals surface area contributed by atoms with E-state index in [9.17, 15) is 9.59 Å². The van der Waals surface area contributed by atoms with Crippen molar-refractivity contribution in [1.29, 1.82) is 0 Å². The molecule has 1 aromatic carbocycles. The minimum absolute atomic E-state index is 0. The largest absolute Gasteiger partial charge is 0.452 e. The van der Waals surface area contributed by atoms with Gasteiger partial charge >= 0.3 is 5.97 Å². The van der Waals surface area contributed by atoms with Crippen molar-refractivity contribution in [2.75, 3.05) is 11.9 Å². The lowest BCUT2D eigenvalue weighted by Crippen LogP contribution is -2.20. The molecule has 0 spiro atoms. The molecular weight excluding hydrogens is 350 g/mol. The second-order valence-corrected chi connectivity index (χ2v) is 5.88. The van der Waals surface area contributed by atoms with Gasteiger partial charge in [0.1, 0.15) is 0 Å². The average molecular weight is 364 g/mol. The predicted molar refractivity (Wildman–Crippen MR) is 94.8 cm³/mol. The first-order valence-electron chi connectivity index (χ1n) is 6.86. The molecule has 8 heteroatoms. The molecule has 124 valence electrons. The molecule has 0 aliphatic heterocycles. The number of amides is 1. The Kier molecular flexibility index (Phi) is 5.83. The fraction of sp³-hybridized carbons (Fsp3) is 0.125. The number of halogens is 1. The highest BCUT2D eigenvalue weighted by Gasteiger charge is 2.12. The van der Waals surface area contributed by atoms with E-state index in [2.05, 4.69) is 15.3 Å². The number of hydrogen-bond donors (Lipinski definition) is 1. The van der Waals surface area contributed by atoms with Crippen molar-refractivity contribution < 1.29 is 14.3 Å². The van der Waals surface area contributed by atoms with Crippen molar-refractivity contribution in [2.45, 2.75) is 6.92 Å². The van der Waals surface area contributed by atoms with Gasteiger partial charge in [0, 0.05) is 12.4 Å². The fourth-order valence-corrected chi connectivity index (χ4v) is 2.92. The smallest absolute Gasteiger partial charge is 0.338 e. The van der Waals surface area contributed by atoms with Crippen molar-refractivity contribution in [3.05, 3.63) is 53.9 Å². The summed E-state index contributed by atoms with van der Waals surface area (Å²) >= 11 is 1.38. The number of carbonyl (C=O) groups is 2. The van der Waals surface area contributed by atoms with Gasteiger partial charge in [-0.2, -0.15) is 0 Å². The normalized spacial score (nSPS) is 10.0. The highest BCUT2D eigenvalue weighted by atomic mass is 35.5. The Hall–Kier alpha value is -2.51. The van der Waals surface area contributed by atoms with Gasteiger partial charge in [-0.25, -0.2) is 9.78 Å². The molecule has 0 radical (unpaired) electrons. The lowest BCUT2D eigenvalue weighted by Gasteiger charge is -2.04. The molecule has 0 atom stereocenters. The second kappa shape index (κ2) is 7.85. The Bertz CT molecular complexity index is 867. The zero-order valence-corrected chi connectivity index (χ0v) is 14.3. The number of ether oxygens (including phenoxy) is 1. The van der Waals surface area contributed by atoms with Gasteiger partial charge in [-0.05, 0) is 36.8 Å². The van der Waals surface area contributed by atoms with E-state index in [1.807, 2.05) is 25.1 Å². The van der Waals surface area contributed by atoms with Gasteiger partial charge in [0.2, 0.25) is 0 Å². The molecule has 0 saturated carbocycles. The fourth-order valence-electron chi connectivity index (χ4n) is 1.94. The molecule has 0 fully saturated rings. The van der Waals surface area contributed by atoms with Crippen LogP contribution in [0.15, 0.2) is 42.7 Å². The van der Waals surface area contributed by atoms with Crippen LogP contribution < -0.4 is 5.32 Å². The van der Waals surface area contributed by atoms with Gasteiger partial charge < -0.3 is 4.74 Å². The number of rotatable bonds is 4. The van der Waals surface area contributed by atoms with Crippen molar-refractivity contribution in [2.24, 2.45) is 0 Å². The van der Waals surface area contributed by atoms with Crippen molar-refractivity contribution in [1.82, 2.24) is 9.97 Å². The summed E-state index contributed by atoms with van der Waals surface area (Å²) in [7, 11) is 0. The number of aromatic nitrogens is 2. The number of thiazole rings is 1. The summed E-state index contributed by atoms with van der Waals surface area (Å²) in [5, 5.41) is 3.12. The van der Waals surface area contributed by atoms with Crippen LogP contribution in [0, 0.1) is 6.92 Å². The highest BCUT2D eigenvalue weighted by Crippen LogP contribution is 2.26. The molecule has 0 unspecified atom stereocenters. The number of aryl methyl sites for hydroxylation is 1. The van der Waals surface area contributed by atoms with E-state index >= 15 is 0 Å². The molecule has 3 rings (SSSR count). The lowest BCUT2D eigenvalue weighted by molar-refractivity contribution is -0.119. The third-order valence-corrected chi connectivity index (χ3v) is 3.97. The van der Waals surface area contributed by atoms with E-state index in [4.69, 9.17) is 4.74 Å². The number of esters is 1. The van der Waals surface area contributed by atoms with E-state index in [1.54, 1.807) is 0 Å². The summed E-state index contributed by atoms with van der Waals surface area (Å²) in [4.78, 5) is 31.7. The topological polar surface area (TPSA) is 81.2 Å². The molecule has 0 aliphatic carbocycles. The number of nitrogens with zero attached hydrogens (tertiary/aromatic N) is 2. The summed E-state index contributed by atoms with van der Waals surface area (Å²) in [6, 6.07) is 8.92. The first kappa shape index (κ1) is 17.8. The van der Waals surface area contributed by atoms with Crippen LogP contribution in [0.2, 0.25) is 0 Å². The molecule has 0 bridgehead atoms. The van der Waals surface area contributed by atoms with Crippen LogP contribution in [0.4, 0.5) is 5.13 Å². The summed E-state index contributed by atoms with van der Waals surface area (Å²) in [5.41, 5.74) is 2.30. The van der Waals surface area contributed by atoms with E-state index < -0.39 is 11.9 Å². The Morgan fingerprint density at radius 1 is 1.21 bits per heavy atom. The molecule has 3 aromatic rings. The third-order valence-electron chi connectivity index (χ3n) is 3.04. The van der Waals surface area contributed by atoms with E-state index in [1.165, 1.54) is 35.9 Å². The number of hydrogen-bond acceptors (Lipinski definition) is 6. The molecular formula is C16H14ClN3O3S. The monoisotopic (exact) mass is 363 g/mol. The number of fused-ring (bicyclic) bond motifs is 1. The number of nitrogens with one attached hydrogen (secondary N) is 1. The Labute approximate surface area is 148 Å². The van der Waals surface area contributed by atoms with Crippen LogP contribution in [0.5, 0.6) is 0 Å². The maximum absolute atomic E-state index is 11.9. The van der Waals surface area contributed by atoms with Gasteiger partial charge in [-0.15, -0.1) is 12.4 Å². The third kappa shape index (κ3) is 4.27. The first-order chi connectivity index (χ1) is 11.1. The van der Waals surface area contributed by atoms with Crippen molar-refractivity contribution >= 4 is 51.0 Å². The second-order valence-electron chi connectivity index (χ2n) is 4.85. The maximum Gasteiger partial charge on any atom is 0.338 e. The van der Waals surface area contributed by atoms with Crippen LogP contribution in [-0.2, 0) is 9.53 Å². The van der Waals surface area contributed by atoms with E-state index in [0.29, 0.717) is 10.7 Å². The Balaban J connectivity index is 0.00000208. The van der Waals surface area contributed by atoms with Gasteiger partial charge in [-0.3, -0.25) is 15.1 Å². The van der Waals surface area contributed by atoms with Crippen LogP contribution in [0.1, 0.15) is 15.9 Å². The first-order valence-corrected chi connectivity index (χ1v) is 7.68. The summed E-state index contributed by atoms with van der Waals surface area (Å²) in [5.74, 6) is -0.995. The van der Waals surface area contributed by atoms with Crippen molar-refractivity contribution in [3.63, 3.8) is 0 Å². The molecule has 2 aromatic heterocycles. The molecule has 2 heterocycles. The summed E-state index contributed by atoms with van der Waals surface area (Å²) in [6.07, 6.45) is 2.97. The Morgan fingerprint density at radius 3 is 2.71 bits per heavy atom. The minimum atomic E-state index is -0.567. The predicted octanol–water partition coefficient (Wildman–Crippen LogP) is 3.22. The average Bonchev–Trinajstić information content (AvgIpc) is 2.94. The summed E-state index contributed by atoms with van der Waals surface area (Å²) < 4.78 is 5.95. The highest BCUT2D eigenvalue weighted by molar-refractivity contribution is 7.22. The van der Waals surface area contributed by atoms with Crippen LogP contribution in [0.25, 0.3) is 10.2 Å². The molecule has 6 nitrogen and oxygen atoms in total. The standard InChI is InChI=1S/C16H13N3O3S.ClH/c1-10-2-3-12-13(8-10)23-16(18-12)19-14(20)9-22-15(21)11-4-6-17-7-5-11;/h2-8H,9H2,1H3,(H,18,19,20);1H. The van der Waals surface area contributed by atoms with Crippen LogP contribution >= 0.6 is 23.7 Å². The zero-order chi connectivity index (χ0) is 16.2. The van der Waals surface area contributed by atoms with Gasteiger partial charge in [-0.1, -0.05) is 17.4 Å². The number of anilines is 1. The molecule has 0 aliphatic rings. The minimum Gasteiger partial charge on any atom is -0.452 e. The zero-order valence-electron chi connectivity index (χ0n) is 12.7. The number of pyridine rings is 1. The van der Waals surface area contributed by atoms with Crippen molar-refractivity contribution in [3.8, 4) is 0 Å². The van der Waals surface area contributed by atoms with Crippen LogP contribution in [-0.4, -0.2) is 28.5 Å². The quantitative estimate of drug-likeness (QED) is 0.720. The SMILES string of the molecule is Cc1ccc2nc(NC(=O)COC(=O)c3ccncc3)sc2c1.Cl. The van der Waals surface area contributed by atoms with Gasteiger partial charge in [0.05, 0.1) is 15.8 Å². The molecule has 1 N–H and O–H groups in total. The lowest BCUT2D eigenvalue weighted by atomic mass is 10.2. The molecule has 1 amide bonds.